The Morgan fingerprint density at radius 2 is 2.00 bits per heavy atom. The van der Waals surface area contributed by atoms with Crippen molar-refractivity contribution in [1.29, 1.82) is 0 Å². The van der Waals surface area contributed by atoms with Crippen LogP contribution in [0, 0.1) is 21.7 Å². The van der Waals surface area contributed by atoms with E-state index in [2.05, 4.69) is 0 Å². The van der Waals surface area contributed by atoms with Crippen LogP contribution < -0.4 is 4.72 Å². The molecule has 0 spiro atoms. The molecule has 0 aliphatic carbocycles. The van der Waals surface area contributed by atoms with Crippen LogP contribution >= 0.6 is 0 Å². The van der Waals surface area contributed by atoms with Crippen LogP contribution in [-0.4, -0.2) is 30.5 Å². The molecule has 0 aromatic heterocycles. The summed E-state index contributed by atoms with van der Waals surface area (Å²) in [7, 11) is -4.57. The summed E-state index contributed by atoms with van der Waals surface area (Å²) < 4.78 is 52.2. The Hall–Kier alpha value is -2.14. The van der Waals surface area contributed by atoms with Gasteiger partial charge in [0.1, 0.15) is 10.7 Å². The monoisotopic (exact) mass is 324 g/mol. The second kappa shape index (κ2) is 6.10. The molecule has 0 bridgehead atoms. The third-order valence-electron chi connectivity index (χ3n) is 2.32. The van der Waals surface area contributed by atoms with Gasteiger partial charge in [0.2, 0.25) is 15.8 Å². The lowest BCUT2D eigenvalue weighted by atomic mass is 10.3. The highest BCUT2D eigenvalue weighted by Crippen LogP contribution is 2.24. The van der Waals surface area contributed by atoms with Crippen molar-refractivity contribution >= 4 is 21.7 Å². The van der Waals surface area contributed by atoms with Crippen molar-refractivity contribution in [3.05, 3.63) is 33.9 Å². The molecule has 21 heavy (non-hydrogen) atoms. The van der Waals surface area contributed by atoms with E-state index in [-0.39, 0.29) is 12.1 Å². The number of nitrogens with one attached hydrogen (secondary N) is 1. The maximum atomic E-state index is 13.5. The second-order valence-electron chi connectivity index (χ2n) is 4.11. The number of carboxylic acids is 1. The molecule has 0 aliphatic rings. The van der Waals surface area contributed by atoms with Crippen molar-refractivity contribution in [3.63, 3.8) is 0 Å². The number of carbonyl (C=O) groups is 1. The summed E-state index contributed by atoms with van der Waals surface area (Å²) in [6.07, 6.45) is -0.579. The van der Waals surface area contributed by atoms with Gasteiger partial charge in [0, 0.05) is 18.2 Å². The molecule has 116 valence electrons. The molecule has 1 aromatic rings. The lowest BCUT2D eigenvalue weighted by molar-refractivity contribution is -0.387. The first-order valence-electron chi connectivity index (χ1n) is 5.42. The van der Waals surface area contributed by atoms with E-state index in [4.69, 9.17) is 5.11 Å². The Bertz CT molecular complexity index is 691. The molecule has 0 amide bonds. The third-order valence-corrected chi connectivity index (χ3v) is 3.93. The van der Waals surface area contributed by atoms with E-state index in [1.807, 2.05) is 4.72 Å². The van der Waals surface area contributed by atoms with Gasteiger partial charge >= 0.3 is 11.7 Å². The number of nitrogens with zero attached hydrogens (tertiary/aromatic N) is 1. The zero-order chi connectivity index (χ0) is 16.4. The zero-order valence-electron chi connectivity index (χ0n) is 10.5. The van der Waals surface area contributed by atoms with Crippen molar-refractivity contribution in [2.45, 2.75) is 24.3 Å². The second-order valence-corrected chi connectivity index (χ2v) is 5.79. The average Bonchev–Trinajstić information content (AvgIpc) is 2.25. The molecule has 1 rings (SSSR count). The first-order chi connectivity index (χ1) is 9.54. The lowest BCUT2D eigenvalue weighted by Crippen LogP contribution is -2.34. The van der Waals surface area contributed by atoms with Crippen molar-refractivity contribution in [2.24, 2.45) is 0 Å². The maximum Gasteiger partial charge on any atom is 0.306 e. The third kappa shape index (κ3) is 4.16. The summed E-state index contributed by atoms with van der Waals surface area (Å²) in [6.45, 7) is 1.21. The number of nitro groups is 1. The van der Waals surface area contributed by atoms with Crippen LogP contribution in [0.3, 0.4) is 0 Å². The van der Waals surface area contributed by atoms with Crippen LogP contribution in [0.4, 0.5) is 14.5 Å². The quantitative estimate of drug-likeness (QED) is 0.594. The van der Waals surface area contributed by atoms with E-state index in [9.17, 15) is 32.1 Å². The van der Waals surface area contributed by atoms with E-state index in [1.54, 1.807) is 0 Å². The molecule has 0 heterocycles. The van der Waals surface area contributed by atoms with E-state index in [0.29, 0.717) is 0 Å². The summed E-state index contributed by atoms with van der Waals surface area (Å²) in [5.74, 6) is -4.33. The predicted molar refractivity (Wildman–Crippen MR) is 65.0 cm³/mol. The van der Waals surface area contributed by atoms with Crippen LogP contribution in [0.1, 0.15) is 13.3 Å². The molecular weight excluding hydrogens is 314 g/mol. The molecule has 0 aliphatic heterocycles. The fourth-order valence-corrected chi connectivity index (χ4v) is 2.82. The summed E-state index contributed by atoms with van der Waals surface area (Å²) in [5.41, 5.74) is -1.21. The number of benzene rings is 1. The maximum absolute atomic E-state index is 13.5. The molecule has 8 nitrogen and oxygen atoms in total. The largest absolute Gasteiger partial charge is 0.481 e. The van der Waals surface area contributed by atoms with Gasteiger partial charge in [-0.15, -0.1) is 0 Å². The van der Waals surface area contributed by atoms with Gasteiger partial charge in [-0.1, -0.05) is 0 Å². The predicted octanol–water partition coefficient (Wildman–Crippen LogP) is 1.01. The molecule has 1 aromatic carbocycles. The lowest BCUT2D eigenvalue weighted by Gasteiger charge is -2.12. The van der Waals surface area contributed by atoms with Gasteiger partial charge in [-0.05, 0) is 6.92 Å². The van der Waals surface area contributed by atoms with E-state index in [0.717, 1.165) is 0 Å². The van der Waals surface area contributed by atoms with E-state index >= 15 is 0 Å². The minimum absolute atomic E-state index is 0.0779. The van der Waals surface area contributed by atoms with Crippen molar-refractivity contribution in [3.8, 4) is 0 Å². The first kappa shape index (κ1) is 16.9. The normalized spacial score (nSPS) is 12.9. The standard InChI is InChI=1S/C10H10F2N2O6S/c1-5(2-10(15)16)13-21(19,20)9-4-8(14(17)18)6(11)3-7(9)12/h3-5,13H,2H2,1H3,(H,15,16). The number of aliphatic carboxylic acids is 1. The molecule has 1 unspecified atom stereocenters. The Morgan fingerprint density at radius 3 is 2.48 bits per heavy atom. The Kier molecular flexibility index (Phi) is 4.91. The number of sulfonamides is 1. The molecule has 1 atom stereocenters. The van der Waals surface area contributed by atoms with Gasteiger partial charge in [0.15, 0.2) is 0 Å². The van der Waals surface area contributed by atoms with Crippen molar-refractivity contribution in [2.75, 3.05) is 0 Å². The summed E-state index contributed by atoms with van der Waals surface area (Å²) in [4.78, 5) is 18.6. The molecule has 0 fully saturated rings. The highest BCUT2D eigenvalue weighted by atomic mass is 32.2. The van der Waals surface area contributed by atoms with Gasteiger partial charge in [-0.2, -0.15) is 4.39 Å². The fraction of sp³-hybridized carbons (Fsp3) is 0.300. The Morgan fingerprint density at radius 1 is 1.43 bits per heavy atom. The average molecular weight is 324 g/mol. The topological polar surface area (TPSA) is 127 Å². The smallest absolute Gasteiger partial charge is 0.306 e. The Labute approximate surface area is 117 Å². The minimum atomic E-state index is -4.57. The van der Waals surface area contributed by atoms with Crippen LogP contribution in [-0.2, 0) is 14.8 Å². The minimum Gasteiger partial charge on any atom is -0.481 e. The number of halogens is 2. The SMILES string of the molecule is CC(CC(=O)O)NS(=O)(=O)c1cc([N+](=O)[O-])c(F)cc1F. The van der Waals surface area contributed by atoms with Crippen LogP contribution in [0.2, 0.25) is 0 Å². The van der Waals surface area contributed by atoms with Crippen LogP contribution in [0.15, 0.2) is 17.0 Å². The fourth-order valence-electron chi connectivity index (χ4n) is 1.50. The molecule has 0 radical (unpaired) electrons. The van der Waals surface area contributed by atoms with E-state index in [1.165, 1.54) is 6.92 Å². The highest BCUT2D eigenvalue weighted by molar-refractivity contribution is 7.89. The van der Waals surface area contributed by atoms with Gasteiger partial charge < -0.3 is 5.11 Å². The zero-order valence-corrected chi connectivity index (χ0v) is 11.4. The number of hydrogen-bond donors (Lipinski definition) is 2. The van der Waals surface area contributed by atoms with Gasteiger partial charge in [-0.3, -0.25) is 14.9 Å². The van der Waals surface area contributed by atoms with Gasteiger partial charge in [0.05, 0.1) is 11.3 Å². The first-order valence-corrected chi connectivity index (χ1v) is 6.90. The van der Waals surface area contributed by atoms with Gasteiger partial charge in [0.25, 0.3) is 0 Å². The molecule has 0 saturated heterocycles. The number of hydrogen-bond acceptors (Lipinski definition) is 5. The molecular formula is C10H10F2N2O6S. The van der Waals surface area contributed by atoms with Crippen LogP contribution in [0.25, 0.3) is 0 Å². The summed E-state index contributed by atoms with van der Waals surface area (Å²) in [5, 5.41) is 19.0. The van der Waals surface area contributed by atoms with Crippen molar-refractivity contribution < 1.29 is 32.0 Å². The van der Waals surface area contributed by atoms with E-state index < -0.39 is 55.6 Å². The number of rotatable bonds is 6. The molecule has 0 saturated carbocycles. The summed E-state index contributed by atoms with van der Waals surface area (Å²) in [6, 6.07) is -0.772. The highest BCUT2D eigenvalue weighted by Gasteiger charge is 2.27. The van der Waals surface area contributed by atoms with Crippen molar-refractivity contribution in [1.82, 2.24) is 4.72 Å². The number of carboxylic acid groups (broad SMARTS) is 1. The number of nitro benzene ring substituents is 1. The summed E-state index contributed by atoms with van der Waals surface area (Å²) >= 11 is 0. The Balaban J connectivity index is 3.22. The molecule has 11 heteroatoms. The van der Waals surface area contributed by atoms with Gasteiger partial charge in [-0.25, -0.2) is 17.5 Å². The van der Waals surface area contributed by atoms with Crippen LogP contribution in [0.5, 0.6) is 0 Å². The molecule has 2 N–H and O–H groups in total.